The number of H-pyrrole nitrogens is 1. The average molecular weight is 489 g/mol. The van der Waals surface area contributed by atoms with E-state index in [-0.39, 0.29) is 4.90 Å². The third-order valence-electron chi connectivity index (χ3n) is 4.72. The van der Waals surface area contributed by atoms with Gasteiger partial charge in [0.05, 0.1) is 4.90 Å². The van der Waals surface area contributed by atoms with Crippen LogP contribution in [0.4, 0.5) is 13.2 Å². The van der Waals surface area contributed by atoms with E-state index in [1.54, 1.807) is 51.1 Å². The van der Waals surface area contributed by atoms with E-state index in [2.05, 4.69) is 20.9 Å². The number of sulfonamides is 1. The van der Waals surface area contributed by atoms with Gasteiger partial charge in [0.15, 0.2) is 0 Å². The summed E-state index contributed by atoms with van der Waals surface area (Å²) in [5.74, 6) is 0. The van der Waals surface area contributed by atoms with Crippen LogP contribution in [0.1, 0.15) is 22.3 Å². The molecule has 3 aromatic rings. The van der Waals surface area contributed by atoms with Crippen LogP contribution >= 0.6 is 15.9 Å². The van der Waals surface area contributed by atoms with Crippen LogP contribution in [0, 0.1) is 20.8 Å². The molecule has 0 spiro atoms. The summed E-state index contributed by atoms with van der Waals surface area (Å²) in [4.78, 5) is 2.81. The highest BCUT2D eigenvalue weighted by molar-refractivity contribution is 9.10. The fourth-order valence-corrected chi connectivity index (χ4v) is 5.64. The van der Waals surface area contributed by atoms with Gasteiger partial charge in [0.25, 0.3) is 0 Å². The zero-order valence-corrected chi connectivity index (χ0v) is 18.4. The number of hydrogen-bond donors (Lipinski definition) is 2. The molecule has 0 fully saturated rings. The Hall–Kier alpha value is -1.84. The molecule has 156 valence electrons. The highest BCUT2D eigenvalue weighted by atomic mass is 79.9. The minimum atomic E-state index is -4.75. The summed E-state index contributed by atoms with van der Waals surface area (Å²) in [5, 5.41) is 0.607. The number of hydrogen-bond acceptors (Lipinski definition) is 2. The summed E-state index contributed by atoms with van der Waals surface area (Å²) in [6, 6.07) is 6.25. The highest BCUT2D eigenvalue weighted by Gasteiger charge is 2.43. The normalized spacial score (nSPS) is 13.8. The molecule has 1 atom stereocenters. The van der Waals surface area contributed by atoms with Crippen LogP contribution in [-0.4, -0.2) is 25.6 Å². The molecule has 0 amide bonds. The summed E-state index contributed by atoms with van der Waals surface area (Å²) in [7, 11) is -4.37. The maximum absolute atomic E-state index is 13.8. The van der Waals surface area contributed by atoms with Crippen LogP contribution < -0.4 is 4.72 Å². The molecule has 3 rings (SSSR count). The number of aromatic amines is 1. The lowest BCUT2D eigenvalue weighted by molar-refractivity contribution is -0.150. The van der Waals surface area contributed by atoms with E-state index >= 15 is 0 Å². The Morgan fingerprint density at radius 3 is 2.31 bits per heavy atom. The number of fused-ring (bicyclic) bond motifs is 1. The van der Waals surface area contributed by atoms with Crippen LogP contribution in [-0.2, 0) is 16.4 Å². The predicted molar refractivity (Wildman–Crippen MR) is 111 cm³/mol. The van der Waals surface area contributed by atoms with Crippen molar-refractivity contribution in [2.45, 2.75) is 44.3 Å². The van der Waals surface area contributed by atoms with Crippen LogP contribution in [0.25, 0.3) is 10.9 Å². The number of rotatable bonds is 5. The Morgan fingerprint density at radius 1 is 1.10 bits per heavy atom. The average Bonchev–Trinajstić information content (AvgIpc) is 2.94. The van der Waals surface area contributed by atoms with Crippen molar-refractivity contribution in [1.82, 2.24) is 9.71 Å². The van der Waals surface area contributed by atoms with Gasteiger partial charge in [0, 0.05) is 21.6 Å². The number of aryl methyl sites for hydroxylation is 3. The number of aromatic nitrogens is 1. The van der Waals surface area contributed by atoms with Gasteiger partial charge < -0.3 is 4.98 Å². The largest absolute Gasteiger partial charge is 0.405 e. The van der Waals surface area contributed by atoms with Crippen molar-refractivity contribution < 1.29 is 21.6 Å². The molecular weight excluding hydrogens is 469 g/mol. The number of halogens is 4. The van der Waals surface area contributed by atoms with E-state index in [9.17, 15) is 21.6 Å². The quantitative estimate of drug-likeness (QED) is 0.511. The molecule has 0 aliphatic carbocycles. The van der Waals surface area contributed by atoms with E-state index in [1.807, 2.05) is 4.72 Å². The molecule has 1 unspecified atom stereocenters. The lowest BCUT2D eigenvalue weighted by Gasteiger charge is -2.23. The predicted octanol–water partition coefficient (Wildman–Crippen LogP) is 5.31. The second-order valence-electron chi connectivity index (χ2n) is 7.15. The second kappa shape index (κ2) is 7.77. The van der Waals surface area contributed by atoms with E-state index in [0.29, 0.717) is 27.6 Å². The van der Waals surface area contributed by atoms with Gasteiger partial charge in [-0.25, -0.2) is 8.42 Å². The van der Waals surface area contributed by atoms with Gasteiger partial charge in [-0.3, -0.25) is 0 Å². The van der Waals surface area contributed by atoms with Gasteiger partial charge in [-0.2, -0.15) is 17.9 Å². The Balaban J connectivity index is 1.99. The molecule has 1 heterocycles. The minimum absolute atomic E-state index is 0.112. The lowest BCUT2D eigenvalue weighted by atomic mass is 10.1. The molecule has 29 heavy (non-hydrogen) atoms. The maximum atomic E-state index is 13.8. The van der Waals surface area contributed by atoms with Crippen molar-refractivity contribution in [3.63, 3.8) is 0 Å². The summed E-state index contributed by atoms with van der Waals surface area (Å²) in [6.45, 7) is 4.96. The molecule has 2 N–H and O–H groups in total. The first kappa shape index (κ1) is 21.9. The molecule has 0 radical (unpaired) electrons. The van der Waals surface area contributed by atoms with Crippen molar-refractivity contribution in [1.29, 1.82) is 0 Å². The number of benzene rings is 2. The van der Waals surface area contributed by atoms with Crippen LogP contribution in [0.15, 0.2) is 45.9 Å². The standard InChI is InChI=1S/C20H20BrF3N2O2S/c1-11-6-12(2)19(13(3)7-11)29(27,28)26-18(20(22,23)24)8-14-10-25-17-5-4-15(21)9-16(14)17/h4-7,9-10,18,25-26H,8H2,1-3H3. The Bertz CT molecular complexity index is 1150. The molecule has 0 bridgehead atoms. The summed E-state index contributed by atoms with van der Waals surface area (Å²) in [5.41, 5.74) is 2.72. The molecular formula is C20H20BrF3N2O2S. The zero-order valence-electron chi connectivity index (χ0n) is 16.0. The van der Waals surface area contributed by atoms with Gasteiger partial charge in [0.1, 0.15) is 6.04 Å². The van der Waals surface area contributed by atoms with Gasteiger partial charge in [-0.15, -0.1) is 0 Å². The Morgan fingerprint density at radius 2 is 1.72 bits per heavy atom. The van der Waals surface area contributed by atoms with Gasteiger partial charge in [-0.05, 0) is 62.1 Å². The first-order chi connectivity index (χ1) is 13.4. The number of nitrogens with one attached hydrogen (secondary N) is 2. The molecule has 0 saturated heterocycles. The van der Waals surface area contributed by atoms with Gasteiger partial charge in [0.2, 0.25) is 10.0 Å². The number of alkyl halides is 3. The van der Waals surface area contributed by atoms with E-state index in [1.165, 1.54) is 6.20 Å². The topological polar surface area (TPSA) is 62.0 Å². The molecule has 2 aromatic carbocycles. The first-order valence-corrected chi connectivity index (χ1v) is 11.1. The van der Waals surface area contributed by atoms with Crippen molar-refractivity contribution in [2.24, 2.45) is 0 Å². The Kier molecular flexibility index (Phi) is 5.86. The molecule has 9 heteroatoms. The Labute approximate surface area is 175 Å². The summed E-state index contributed by atoms with van der Waals surface area (Å²) < 4.78 is 69.6. The first-order valence-electron chi connectivity index (χ1n) is 8.81. The molecule has 0 saturated carbocycles. The van der Waals surface area contributed by atoms with Crippen LogP contribution in [0.5, 0.6) is 0 Å². The fraction of sp³-hybridized carbons (Fsp3) is 0.300. The van der Waals surface area contributed by atoms with Crippen LogP contribution in [0.3, 0.4) is 0 Å². The SMILES string of the molecule is Cc1cc(C)c(S(=O)(=O)NC(Cc2c[nH]c3ccc(Br)cc23)C(F)(F)F)c(C)c1. The van der Waals surface area contributed by atoms with Gasteiger partial charge >= 0.3 is 6.18 Å². The molecule has 0 aliphatic rings. The van der Waals surface area contributed by atoms with Crippen molar-refractivity contribution in [3.05, 3.63) is 63.3 Å². The van der Waals surface area contributed by atoms with E-state index in [0.717, 1.165) is 10.0 Å². The van der Waals surface area contributed by atoms with Crippen molar-refractivity contribution >= 4 is 36.9 Å². The lowest BCUT2D eigenvalue weighted by Crippen LogP contribution is -2.47. The third kappa shape index (κ3) is 4.67. The molecule has 1 aromatic heterocycles. The van der Waals surface area contributed by atoms with Crippen molar-refractivity contribution in [2.75, 3.05) is 0 Å². The summed E-state index contributed by atoms with van der Waals surface area (Å²) >= 11 is 3.31. The van der Waals surface area contributed by atoms with Gasteiger partial charge in [-0.1, -0.05) is 33.6 Å². The molecule has 0 aliphatic heterocycles. The van der Waals surface area contributed by atoms with E-state index < -0.39 is 28.7 Å². The van der Waals surface area contributed by atoms with Crippen molar-refractivity contribution in [3.8, 4) is 0 Å². The minimum Gasteiger partial charge on any atom is -0.361 e. The monoisotopic (exact) mass is 488 g/mol. The van der Waals surface area contributed by atoms with Crippen LogP contribution in [0.2, 0.25) is 0 Å². The molecule has 4 nitrogen and oxygen atoms in total. The van der Waals surface area contributed by atoms with E-state index in [4.69, 9.17) is 0 Å². The second-order valence-corrected chi connectivity index (χ2v) is 9.72. The zero-order chi connectivity index (χ0) is 21.6. The summed E-state index contributed by atoms with van der Waals surface area (Å²) in [6.07, 6.45) is -3.80. The fourth-order valence-electron chi connectivity index (χ4n) is 3.60. The highest BCUT2D eigenvalue weighted by Crippen LogP contribution is 2.30. The smallest absolute Gasteiger partial charge is 0.361 e. The maximum Gasteiger partial charge on any atom is 0.405 e. The third-order valence-corrected chi connectivity index (χ3v) is 6.99.